The number of fused-ring (bicyclic) bond motifs is 1. The quantitative estimate of drug-likeness (QED) is 0.537. The fraction of sp³-hybridized carbons (Fsp3) is 0.450. The number of esters is 1. The molecule has 0 radical (unpaired) electrons. The summed E-state index contributed by atoms with van der Waals surface area (Å²) in [6.07, 6.45) is 6.61. The van der Waals surface area contributed by atoms with E-state index in [1.54, 1.807) is 0 Å². The lowest BCUT2D eigenvalue weighted by atomic mass is 9.88. The maximum atomic E-state index is 11.5. The summed E-state index contributed by atoms with van der Waals surface area (Å²) in [6.45, 7) is 2.14. The van der Waals surface area contributed by atoms with Gasteiger partial charge in [0.2, 0.25) is 0 Å². The highest BCUT2D eigenvalue weighted by Crippen LogP contribution is 2.30. The van der Waals surface area contributed by atoms with Gasteiger partial charge >= 0.3 is 5.97 Å². The van der Waals surface area contributed by atoms with Crippen molar-refractivity contribution in [1.82, 2.24) is 0 Å². The smallest absolute Gasteiger partial charge is 0.313 e. The predicted octanol–water partition coefficient (Wildman–Crippen LogP) is 4.89. The van der Waals surface area contributed by atoms with Gasteiger partial charge in [0.1, 0.15) is 6.10 Å². The Kier molecular flexibility index (Phi) is 4.77. The minimum Gasteiger partial charge on any atom is -0.461 e. The van der Waals surface area contributed by atoms with Crippen molar-refractivity contribution in [2.24, 2.45) is 5.92 Å². The molecule has 1 heterocycles. The molecule has 1 saturated heterocycles. The monoisotopic (exact) mass is 296 g/mol. The summed E-state index contributed by atoms with van der Waals surface area (Å²) in [5.41, 5.74) is 1.39. The Morgan fingerprint density at radius 2 is 1.82 bits per heavy atom. The van der Waals surface area contributed by atoms with Crippen LogP contribution in [0.15, 0.2) is 42.5 Å². The van der Waals surface area contributed by atoms with Crippen molar-refractivity contribution in [2.75, 3.05) is 0 Å². The lowest BCUT2D eigenvalue weighted by molar-refractivity contribution is -0.186. The summed E-state index contributed by atoms with van der Waals surface area (Å²) in [6, 6.07) is 15.2. The molecule has 0 N–H and O–H groups in total. The molecule has 1 fully saturated rings. The highest BCUT2D eigenvalue weighted by molar-refractivity contribution is 5.83. The maximum Gasteiger partial charge on any atom is 0.313 e. The van der Waals surface area contributed by atoms with E-state index in [4.69, 9.17) is 4.74 Å². The van der Waals surface area contributed by atoms with E-state index in [9.17, 15) is 4.79 Å². The minimum absolute atomic E-state index is 0.0177. The average molecular weight is 296 g/mol. The van der Waals surface area contributed by atoms with E-state index < -0.39 is 0 Å². The number of aryl methyl sites for hydroxylation is 1. The van der Waals surface area contributed by atoms with Gasteiger partial charge in [-0.05, 0) is 42.0 Å². The molecule has 2 aromatic carbocycles. The van der Waals surface area contributed by atoms with E-state index in [1.807, 2.05) is 0 Å². The molecule has 0 spiro atoms. The number of rotatable bonds is 7. The summed E-state index contributed by atoms with van der Waals surface area (Å²) < 4.78 is 5.22. The third-order valence-corrected chi connectivity index (χ3v) is 4.64. The lowest BCUT2D eigenvalue weighted by Crippen LogP contribution is -2.44. The molecular formula is C20H24O2. The van der Waals surface area contributed by atoms with Crippen LogP contribution in [0, 0.1) is 5.92 Å². The second kappa shape index (κ2) is 6.95. The van der Waals surface area contributed by atoms with E-state index in [1.165, 1.54) is 16.3 Å². The first-order valence-electron chi connectivity index (χ1n) is 8.46. The highest BCUT2D eigenvalue weighted by Gasteiger charge is 2.40. The predicted molar refractivity (Wildman–Crippen MR) is 89.8 cm³/mol. The van der Waals surface area contributed by atoms with Gasteiger partial charge in [0, 0.05) is 0 Å². The van der Waals surface area contributed by atoms with Gasteiger partial charge in [0.25, 0.3) is 0 Å². The van der Waals surface area contributed by atoms with Gasteiger partial charge in [-0.2, -0.15) is 0 Å². The van der Waals surface area contributed by atoms with Gasteiger partial charge in [0.15, 0.2) is 0 Å². The molecule has 1 aliphatic heterocycles. The normalized spacial score (nSPS) is 20.7. The number of carbonyl (C=O) groups excluding carboxylic acids is 1. The third-order valence-electron chi connectivity index (χ3n) is 4.64. The van der Waals surface area contributed by atoms with Crippen LogP contribution in [0.4, 0.5) is 0 Å². The van der Waals surface area contributed by atoms with Crippen molar-refractivity contribution < 1.29 is 9.53 Å². The zero-order valence-corrected chi connectivity index (χ0v) is 13.3. The molecule has 0 aliphatic carbocycles. The van der Waals surface area contributed by atoms with Crippen molar-refractivity contribution in [1.29, 1.82) is 0 Å². The first-order valence-corrected chi connectivity index (χ1v) is 8.46. The van der Waals surface area contributed by atoms with Crippen molar-refractivity contribution in [3.05, 3.63) is 48.0 Å². The first kappa shape index (κ1) is 15.1. The molecule has 2 atom stereocenters. The molecule has 0 amide bonds. The highest BCUT2D eigenvalue weighted by atomic mass is 16.6. The fourth-order valence-corrected chi connectivity index (χ4v) is 3.33. The molecule has 2 aromatic rings. The van der Waals surface area contributed by atoms with Crippen LogP contribution in [-0.2, 0) is 16.0 Å². The van der Waals surface area contributed by atoms with E-state index in [2.05, 4.69) is 49.4 Å². The van der Waals surface area contributed by atoms with Crippen molar-refractivity contribution in [2.45, 2.75) is 51.6 Å². The molecule has 1 aliphatic rings. The van der Waals surface area contributed by atoms with Gasteiger partial charge in [-0.15, -0.1) is 0 Å². The van der Waals surface area contributed by atoms with Crippen LogP contribution in [0.3, 0.4) is 0 Å². The Morgan fingerprint density at radius 3 is 2.59 bits per heavy atom. The Labute approximate surface area is 132 Å². The zero-order chi connectivity index (χ0) is 15.4. The van der Waals surface area contributed by atoms with Crippen molar-refractivity contribution >= 4 is 16.7 Å². The van der Waals surface area contributed by atoms with Crippen LogP contribution in [0.5, 0.6) is 0 Å². The molecule has 22 heavy (non-hydrogen) atoms. The second-order valence-corrected chi connectivity index (χ2v) is 6.30. The van der Waals surface area contributed by atoms with Crippen LogP contribution in [0.1, 0.15) is 44.6 Å². The summed E-state index contributed by atoms with van der Waals surface area (Å²) in [7, 11) is 0. The molecule has 0 aromatic heterocycles. The van der Waals surface area contributed by atoms with Gasteiger partial charge in [0.05, 0.1) is 5.92 Å². The number of hydrogen-bond donors (Lipinski definition) is 0. The largest absolute Gasteiger partial charge is 0.461 e. The van der Waals surface area contributed by atoms with Gasteiger partial charge < -0.3 is 4.74 Å². The molecule has 2 heteroatoms. The van der Waals surface area contributed by atoms with Gasteiger partial charge in [-0.1, -0.05) is 62.2 Å². The molecule has 0 saturated carbocycles. The SMILES string of the molecule is CCC[C@@H]1OC(=O)[C@@H]1CCCCc1ccc2ccccc2c1. The molecular weight excluding hydrogens is 272 g/mol. The fourth-order valence-electron chi connectivity index (χ4n) is 3.33. The minimum atomic E-state index is 0.0177. The van der Waals surface area contributed by atoms with Crippen LogP contribution < -0.4 is 0 Å². The average Bonchev–Trinajstić information content (AvgIpc) is 2.54. The van der Waals surface area contributed by atoms with Gasteiger partial charge in [-0.25, -0.2) is 0 Å². The molecule has 0 unspecified atom stereocenters. The Balaban J connectivity index is 1.47. The third kappa shape index (κ3) is 3.32. The van der Waals surface area contributed by atoms with Crippen LogP contribution in [0.2, 0.25) is 0 Å². The summed E-state index contributed by atoms with van der Waals surface area (Å²) >= 11 is 0. The number of unbranched alkanes of at least 4 members (excludes halogenated alkanes) is 1. The molecule has 3 rings (SSSR count). The van der Waals surface area contributed by atoms with Gasteiger partial charge in [-0.3, -0.25) is 4.79 Å². The van der Waals surface area contributed by atoms with E-state index in [0.717, 1.165) is 38.5 Å². The number of benzene rings is 2. The second-order valence-electron chi connectivity index (χ2n) is 6.30. The van der Waals surface area contributed by atoms with Crippen LogP contribution in [-0.4, -0.2) is 12.1 Å². The Hall–Kier alpha value is -1.83. The zero-order valence-electron chi connectivity index (χ0n) is 13.3. The topological polar surface area (TPSA) is 26.3 Å². The maximum absolute atomic E-state index is 11.5. The van der Waals surface area contributed by atoms with Crippen LogP contribution in [0.25, 0.3) is 10.8 Å². The summed E-state index contributed by atoms with van der Waals surface area (Å²) in [4.78, 5) is 11.5. The molecule has 116 valence electrons. The molecule has 0 bridgehead atoms. The number of cyclic esters (lactones) is 1. The summed E-state index contributed by atoms with van der Waals surface area (Å²) in [5.74, 6) is 0.181. The standard InChI is InChI=1S/C20H24O2/c1-2-7-19-18(20(21)22-19)11-6-3-8-15-12-13-16-9-4-5-10-17(16)14-15/h4-5,9-10,12-14,18-19H,2-3,6-8,11H2,1H3/t18-,19+/m1/s1. The Morgan fingerprint density at radius 1 is 1.00 bits per heavy atom. The lowest BCUT2D eigenvalue weighted by Gasteiger charge is -2.35. The van der Waals surface area contributed by atoms with Crippen molar-refractivity contribution in [3.63, 3.8) is 0 Å². The van der Waals surface area contributed by atoms with Crippen LogP contribution >= 0.6 is 0 Å². The first-order chi connectivity index (χ1) is 10.8. The Bertz CT molecular complexity index is 647. The van der Waals surface area contributed by atoms with Crippen molar-refractivity contribution in [3.8, 4) is 0 Å². The molecule has 2 nitrogen and oxygen atoms in total. The summed E-state index contributed by atoms with van der Waals surface area (Å²) in [5, 5.41) is 2.61. The number of ether oxygens (including phenoxy) is 1. The van der Waals surface area contributed by atoms with E-state index >= 15 is 0 Å². The van der Waals surface area contributed by atoms with E-state index in [0.29, 0.717) is 0 Å². The van der Waals surface area contributed by atoms with E-state index in [-0.39, 0.29) is 18.0 Å². The number of hydrogen-bond acceptors (Lipinski definition) is 2. The number of carbonyl (C=O) groups is 1.